The van der Waals surface area contributed by atoms with Gasteiger partial charge in [0.15, 0.2) is 11.6 Å². The molecule has 2 N–H and O–H groups in total. The molecule has 0 saturated carbocycles. The first kappa shape index (κ1) is 11.7. The van der Waals surface area contributed by atoms with Crippen LogP contribution in [0.3, 0.4) is 0 Å². The number of aromatic nitrogens is 3. The number of thiazole rings is 1. The van der Waals surface area contributed by atoms with E-state index in [-0.39, 0.29) is 5.82 Å². The van der Waals surface area contributed by atoms with E-state index < -0.39 is 5.82 Å². The third-order valence-corrected chi connectivity index (χ3v) is 3.16. The number of nitrogens with one attached hydrogen (secondary N) is 2. The fraction of sp³-hybridized carbons (Fsp3) is 0.300. The van der Waals surface area contributed by atoms with Gasteiger partial charge in [-0.15, -0.1) is 11.3 Å². The predicted molar refractivity (Wildman–Crippen MR) is 65.7 cm³/mol. The van der Waals surface area contributed by atoms with Crippen LogP contribution >= 0.6 is 11.3 Å². The van der Waals surface area contributed by atoms with Gasteiger partial charge in [0.2, 0.25) is 5.95 Å². The zero-order valence-corrected chi connectivity index (χ0v) is 10.3. The Bertz CT molecular complexity index is 513. The zero-order chi connectivity index (χ0) is 12.3. The lowest BCUT2D eigenvalue weighted by Crippen LogP contribution is -2.06. The lowest BCUT2D eigenvalue weighted by molar-refractivity contribution is 0.617. The highest BCUT2D eigenvalue weighted by atomic mass is 32.1. The molecule has 2 aromatic rings. The normalized spacial score (nSPS) is 10.3. The fourth-order valence-electron chi connectivity index (χ4n) is 1.27. The Morgan fingerprint density at radius 2 is 2.24 bits per heavy atom. The average molecular weight is 253 g/mol. The van der Waals surface area contributed by atoms with E-state index >= 15 is 0 Å². The van der Waals surface area contributed by atoms with Crippen LogP contribution in [0, 0.1) is 12.7 Å². The van der Waals surface area contributed by atoms with Crippen molar-refractivity contribution in [2.45, 2.75) is 13.5 Å². The first-order valence-corrected chi connectivity index (χ1v) is 5.92. The van der Waals surface area contributed by atoms with Gasteiger partial charge in [0.25, 0.3) is 0 Å². The van der Waals surface area contributed by atoms with E-state index in [4.69, 9.17) is 0 Å². The van der Waals surface area contributed by atoms with E-state index in [2.05, 4.69) is 25.6 Å². The predicted octanol–water partition coefficient (Wildman–Crippen LogP) is 2.03. The number of anilines is 2. The third-order valence-electron chi connectivity index (χ3n) is 2.23. The van der Waals surface area contributed by atoms with Gasteiger partial charge in [0.1, 0.15) is 0 Å². The van der Waals surface area contributed by atoms with Crippen molar-refractivity contribution in [3.05, 3.63) is 28.1 Å². The van der Waals surface area contributed by atoms with E-state index in [1.165, 1.54) is 11.3 Å². The van der Waals surface area contributed by atoms with E-state index in [1.54, 1.807) is 12.6 Å². The van der Waals surface area contributed by atoms with Crippen molar-refractivity contribution in [1.29, 1.82) is 0 Å². The van der Waals surface area contributed by atoms with E-state index in [9.17, 15) is 4.39 Å². The second kappa shape index (κ2) is 5.05. The monoisotopic (exact) mass is 253 g/mol. The van der Waals surface area contributed by atoms with Gasteiger partial charge < -0.3 is 10.6 Å². The minimum atomic E-state index is -0.467. The number of hydrogen-bond acceptors (Lipinski definition) is 6. The van der Waals surface area contributed by atoms with Gasteiger partial charge in [-0.2, -0.15) is 4.98 Å². The lowest BCUT2D eigenvalue weighted by Gasteiger charge is -2.06. The van der Waals surface area contributed by atoms with Crippen molar-refractivity contribution in [1.82, 2.24) is 15.0 Å². The minimum absolute atomic E-state index is 0.192. The summed E-state index contributed by atoms with van der Waals surface area (Å²) < 4.78 is 13.4. The second-order valence-corrected chi connectivity index (χ2v) is 4.29. The molecule has 0 bridgehead atoms. The summed E-state index contributed by atoms with van der Waals surface area (Å²) in [6.45, 7) is 2.43. The lowest BCUT2D eigenvalue weighted by atomic mass is 10.4. The number of halogens is 1. The van der Waals surface area contributed by atoms with Crippen LogP contribution < -0.4 is 10.6 Å². The molecule has 0 aliphatic rings. The van der Waals surface area contributed by atoms with Gasteiger partial charge in [0, 0.05) is 11.9 Å². The summed E-state index contributed by atoms with van der Waals surface area (Å²) >= 11 is 1.53. The van der Waals surface area contributed by atoms with E-state index in [0.29, 0.717) is 12.5 Å². The third kappa shape index (κ3) is 2.68. The molecular formula is C10H12FN5S. The molecule has 2 heterocycles. The first-order valence-electron chi connectivity index (χ1n) is 5.04. The Labute approximate surface area is 102 Å². The molecule has 0 amide bonds. The molecule has 90 valence electrons. The highest BCUT2D eigenvalue weighted by Gasteiger charge is 2.07. The number of hydrogen-bond donors (Lipinski definition) is 2. The summed E-state index contributed by atoms with van der Waals surface area (Å²) in [5.74, 6) is 0.109. The summed E-state index contributed by atoms with van der Waals surface area (Å²) in [4.78, 5) is 13.0. The Hall–Kier alpha value is -1.76. The SMILES string of the molecule is CNc1ncc(F)c(NCc2scnc2C)n1. The molecule has 5 nitrogen and oxygen atoms in total. The maximum Gasteiger partial charge on any atom is 0.224 e. The van der Waals surface area contributed by atoms with E-state index in [1.807, 2.05) is 6.92 Å². The summed E-state index contributed by atoms with van der Waals surface area (Å²) in [6, 6.07) is 0. The average Bonchev–Trinajstić information content (AvgIpc) is 2.74. The highest BCUT2D eigenvalue weighted by molar-refractivity contribution is 7.09. The van der Waals surface area contributed by atoms with Crippen molar-refractivity contribution < 1.29 is 4.39 Å². The van der Waals surface area contributed by atoms with Crippen molar-refractivity contribution in [3.8, 4) is 0 Å². The molecule has 0 aromatic carbocycles. The molecule has 0 atom stereocenters. The van der Waals surface area contributed by atoms with Crippen LogP contribution in [0.5, 0.6) is 0 Å². The van der Waals surface area contributed by atoms with Crippen molar-refractivity contribution >= 4 is 23.1 Å². The Kier molecular flexibility index (Phi) is 3.48. The van der Waals surface area contributed by atoms with Gasteiger partial charge in [-0.25, -0.2) is 14.4 Å². The smallest absolute Gasteiger partial charge is 0.224 e. The minimum Gasteiger partial charge on any atom is -0.363 e. The molecule has 7 heteroatoms. The van der Waals surface area contributed by atoms with Gasteiger partial charge in [-0.3, -0.25) is 0 Å². The van der Waals surface area contributed by atoms with Crippen LogP contribution in [0.2, 0.25) is 0 Å². The summed E-state index contributed by atoms with van der Waals surface area (Å²) in [5, 5.41) is 5.70. The van der Waals surface area contributed by atoms with Gasteiger partial charge in [-0.1, -0.05) is 0 Å². The zero-order valence-electron chi connectivity index (χ0n) is 9.49. The number of nitrogens with zero attached hydrogens (tertiary/aromatic N) is 3. The molecule has 17 heavy (non-hydrogen) atoms. The summed E-state index contributed by atoms with van der Waals surface area (Å²) in [7, 11) is 1.68. The van der Waals surface area contributed by atoms with E-state index in [0.717, 1.165) is 16.8 Å². The Morgan fingerprint density at radius 1 is 1.41 bits per heavy atom. The van der Waals surface area contributed by atoms with Crippen LogP contribution in [0.25, 0.3) is 0 Å². The molecule has 0 aliphatic carbocycles. The van der Waals surface area contributed by atoms with Crippen LogP contribution in [0.15, 0.2) is 11.7 Å². The molecule has 0 radical (unpaired) electrons. The summed E-state index contributed by atoms with van der Waals surface area (Å²) in [6.07, 6.45) is 1.14. The maximum atomic E-state index is 13.4. The first-order chi connectivity index (χ1) is 8.20. The molecule has 2 aromatic heterocycles. The largest absolute Gasteiger partial charge is 0.363 e. The second-order valence-electron chi connectivity index (χ2n) is 3.35. The molecule has 0 spiro atoms. The number of rotatable bonds is 4. The summed E-state index contributed by atoms with van der Waals surface area (Å²) in [5.41, 5.74) is 2.72. The molecule has 2 rings (SSSR count). The van der Waals surface area contributed by atoms with Crippen LogP contribution in [-0.4, -0.2) is 22.0 Å². The van der Waals surface area contributed by atoms with Crippen molar-refractivity contribution in [3.63, 3.8) is 0 Å². The maximum absolute atomic E-state index is 13.4. The molecule has 0 unspecified atom stereocenters. The van der Waals surface area contributed by atoms with Crippen LogP contribution in [-0.2, 0) is 6.54 Å². The van der Waals surface area contributed by atoms with Gasteiger partial charge in [0.05, 0.1) is 23.9 Å². The molecule has 0 saturated heterocycles. The van der Waals surface area contributed by atoms with Crippen molar-refractivity contribution in [2.75, 3.05) is 17.7 Å². The Morgan fingerprint density at radius 3 is 2.88 bits per heavy atom. The highest BCUT2D eigenvalue weighted by Crippen LogP contribution is 2.16. The van der Waals surface area contributed by atoms with Gasteiger partial charge >= 0.3 is 0 Å². The van der Waals surface area contributed by atoms with Crippen molar-refractivity contribution in [2.24, 2.45) is 0 Å². The topological polar surface area (TPSA) is 62.7 Å². The molecule has 0 fully saturated rings. The van der Waals surface area contributed by atoms with Gasteiger partial charge in [-0.05, 0) is 6.92 Å². The van der Waals surface area contributed by atoms with Crippen LogP contribution in [0.1, 0.15) is 10.6 Å². The number of aryl methyl sites for hydroxylation is 1. The molecule has 0 aliphatic heterocycles. The quantitative estimate of drug-likeness (QED) is 0.873. The van der Waals surface area contributed by atoms with Crippen LogP contribution in [0.4, 0.5) is 16.2 Å². The molecular weight excluding hydrogens is 241 g/mol. The standard InChI is InChI=1S/C10H12FN5S/c1-6-8(17-5-15-6)4-13-9-7(11)3-14-10(12-2)16-9/h3,5H,4H2,1-2H3,(H2,12,13,14,16). The fourth-order valence-corrected chi connectivity index (χ4v) is 1.99. The Balaban J connectivity index is 2.11.